The Morgan fingerprint density at radius 3 is 2.62 bits per heavy atom. The van der Waals surface area contributed by atoms with Gasteiger partial charge in [0.15, 0.2) is 0 Å². The Morgan fingerprint density at radius 2 is 2.15 bits per heavy atom. The van der Waals surface area contributed by atoms with Crippen molar-refractivity contribution in [1.82, 2.24) is 5.32 Å². The highest BCUT2D eigenvalue weighted by Gasteiger charge is 2.29. The molecule has 1 aliphatic carbocycles. The minimum Gasteiger partial charge on any atom is -0.354 e. The standard InChI is InChI=1S/C10H18ClNO/c1-7(2)5-9(11)6-12-10(13)8-3-4-8/h7-9H,3-6H2,1-2H3,(H,12,13). The van der Waals surface area contributed by atoms with Crippen LogP contribution in [0.2, 0.25) is 0 Å². The molecule has 1 amide bonds. The normalized spacial score (nSPS) is 18.8. The summed E-state index contributed by atoms with van der Waals surface area (Å²) < 4.78 is 0. The molecule has 1 atom stereocenters. The predicted octanol–water partition coefficient (Wildman–Crippen LogP) is 2.17. The Hall–Kier alpha value is -0.240. The van der Waals surface area contributed by atoms with Crippen molar-refractivity contribution in [1.29, 1.82) is 0 Å². The van der Waals surface area contributed by atoms with E-state index < -0.39 is 0 Å². The molecule has 1 aliphatic rings. The molecule has 1 rings (SSSR count). The summed E-state index contributed by atoms with van der Waals surface area (Å²) in [5.74, 6) is 1.08. The minimum absolute atomic E-state index is 0.0858. The van der Waals surface area contributed by atoms with E-state index in [4.69, 9.17) is 11.6 Å². The Kier molecular flexibility index (Phi) is 4.04. The third kappa shape index (κ3) is 4.51. The average Bonchev–Trinajstić information content (AvgIpc) is 2.80. The highest BCUT2D eigenvalue weighted by atomic mass is 35.5. The fourth-order valence-electron chi connectivity index (χ4n) is 1.30. The van der Waals surface area contributed by atoms with Crippen LogP contribution in [0.5, 0.6) is 0 Å². The van der Waals surface area contributed by atoms with Gasteiger partial charge in [0, 0.05) is 12.5 Å². The van der Waals surface area contributed by atoms with E-state index in [0.29, 0.717) is 18.4 Å². The van der Waals surface area contributed by atoms with Gasteiger partial charge in [0.05, 0.1) is 5.38 Å². The van der Waals surface area contributed by atoms with Crippen LogP contribution < -0.4 is 5.32 Å². The molecule has 2 nitrogen and oxygen atoms in total. The molecule has 0 heterocycles. The molecule has 3 heteroatoms. The molecule has 0 spiro atoms. The van der Waals surface area contributed by atoms with Crippen molar-refractivity contribution in [3.05, 3.63) is 0 Å². The zero-order valence-electron chi connectivity index (χ0n) is 8.35. The van der Waals surface area contributed by atoms with Crippen LogP contribution in [0.15, 0.2) is 0 Å². The lowest BCUT2D eigenvalue weighted by molar-refractivity contribution is -0.122. The summed E-state index contributed by atoms with van der Waals surface area (Å²) >= 11 is 6.03. The second kappa shape index (κ2) is 4.85. The molecule has 0 bridgehead atoms. The van der Waals surface area contributed by atoms with Crippen molar-refractivity contribution in [2.75, 3.05) is 6.54 Å². The van der Waals surface area contributed by atoms with Crippen molar-refractivity contribution in [2.45, 2.75) is 38.5 Å². The lowest BCUT2D eigenvalue weighted by atomic mass is 10.1. The molecule has 1 saturated carbocycles. The highest BCUT2D eigenvalue weighted by Crippen LogP contribution is 2.28. The van der Waals surface area contributed by atoms with Crippen molar-refractivity contribution in [3.63, 3.8) is 0 Å². The van der Waals surface area contributed by atoms with Crippen LogP contribution >= 0.6 is 11.6 Å². The summed E-state index contributed by atoms with van der Waals surface area (Å²) in [7, 11) is 0. The van der Waals surface area contributed by atoms with Gasteiger partial charge in [-0.05, 0) is 25.2 Å². The summed E-state index contributed by atoms with van der Waals surface area (Å²) in [5.41, 5.74) is 0. The maximum absolute atomic E-state index is 11.2. The molecule has 0 aromatic carbocycles. The van der Waals surface area contributed by atoms with Gasteiger partial charge in [-0.2, -0.15) is 0 Å². The van der Waals surface area contributed by atoms with Crippen molar-refractivity contribution in [3.8, 4) is 0 Å². The number of carbonyl (C=O) groups is 1. The van der Waals surface area contributed by atoms with Crippen LogP contribution in [0.4, 0.5) is 0 Å². The van der Waals surface area contributed by atoms with E-state index in [0.717, 1.165) is 19.3 Å². The van der Waals surface area contributed by atoms with E-state index in [-0.39, 0.29) is 11.3 Å². The minimum atomic E-state index is 0.0858. The maximum atomic E-state index is 11.2. The van der Waals surface area contributed by atoms with Crippen LogP contribution in [0.1, 0.15) is 33.1 Å². The van der Waals surface area contributed by atoms with E-state index in [2.05, 4.69) is 19.2 Å². The number of alkyl halides is 1. The molecule has 0 radical (unpaired) electrons. The Morgan fingerprint density at radius 1 is 1.54 bits per heavy atom. The van der Waals surface area contributed by atoms with Crippen LogP contribution in [0.25, 0.3) is 0 Å². The van der Waals surface area contributed by atoms with Gasteiger partial charge in [-0.15, -0.1) is 11.6 Å². The van der Waals surface area contributed by atoms with Crippen LogP contribution in [-0.4, -0.2) is 17.8 Å². The second-order valence-electron chi connectivity index (χ2n) is 4.25. The number of carbonyl (C=O) groups excluding carboxylic acids is 1. The van der Waals surface area contributed by atoms with Crippen LogP contribution in [-0.2, 0) is 4.79 Å². The highest BCUT2D eigenvalue weighted by molar-refractivity contribution is 6.20. The molecule has 13 heavy (non-hydrogen) atoms. The van der Waals surface area contributed by atoms with Gasteiger partial charge in [0.25, 0.3) is 0 Å². The Labute approximate surface area is 85.0 Å². The summed E-state index contributed by atoms with van der Waals surface area (Å²) in [4.78, 5) is 11.2. The number of rotatable bonds is 5. The molecule has 0 saturated heterocycles. The van der Waals surface area contributed by atoms with Gasteiger partial charge in [-0.25, -0.2) is 0 Å². The third-order valence-electron chi connectivity index (χ3n) is 2.17. The number of hydrogen-bond donors (Lipinski definition) is 1. The predicted molar refractivity (Wildman–Crippen MR) is 54.8 cm³/mol. The number of amides is 1. The quantitative estimate of drug-likeness (QED) is 0.682. The van der Waals surface area contributed by atoms with E-state index >= 15 is 0 Å². The molecule has 0 aliphatic heterocycles. The Balaban J connectivity index is 2.06. The fraction of sp³-hybridized carbons (Fsp3) is 0.900. The number of hydrogen-bond acceptors (Lipinski definition) is 1. The number of halogens is 1. The molecule has 0 aromatic rings. The largest absolute Gasteiger partial charge is 0.354 e. The van der Waals surface area contributed by atoms with Gasteiger partial charge in [0.2, 0.25) is 5.91 Å². The smallest absolute Gasteiger partial charge is 0.223 e. The zero-order valence-corrected chi connectivity index (χ0v) is 9.10. The SMILES string of the molecule is CC(C)CC(Cl)CNC(=O)C1CC1. The molecule has 76 valence electrons. The van der Waals surface area contributed by atoms with Gasteiger partial charge in [-0.1, -0.05) is 13.8 Å². The van der Waals surface area contributed by atoms with E-state index in [1.165, 1.54) is 0 Å². The van der Waals surface area contributed by atoms with E-state index in [9.17, 15) is 4.79 Å². The summed E-state index contributed by atoms with van der Waals surface area (Å²) in [6.07, 6.45) is 3.08. The fourth-order valence-corrected chi connectivity index (χ4v) is 1.73. The molecule has 1 N–H and O–H groups in total. The van der Waals surface area contributed by atoms with Gasteiger partial charge in [-0.3, -0.25) is 4.79 Å². The van der Waals surface area contributed by atoms with E-state index in [1.807, 2.05) is 0 Å². The van der Waals surface area contributed by atoms with Crippen LogP contribution in [0.3, 0.4) is 0 Å². The topological polar surface area (TPSA) is 29.1 Å². The monoisotopic (exact) mass is 203 g/mol. The van der Waals surface area contributed by atoms with Gasteiger partial charge in [0.1, 0.15) is 0 Å². The van der Waals surface area contributed by atoms with Gasteiger partial charge < -0.3 is 5.32 Å². The molecule has 0 aromatic heterocycles. The van der Waals surface area contributed by atoms with Crippen molar-refractivity contribution >= 4 is 17.5 Å². The third-order valence-corrected chi connectivity index (χ3v) is 2.51. The van der Waals surface area contributed by atoms with Crippen molar-refractivity contribution in [2.24, 2.45) is 11.8 Å². The zero-order chi connectivity index (χ0) is 9.84. The molecule has 1 fully saturated rings. The summed E-state index contributed by atoms with van der Waals surface area (Å²) in [6, 6.07) is 0. The lowest BCUT2D eigenvalue weighted by Gasteiger charge is -2.12. The first-order chi connectivity index (χ1) is 6.09. The van der Waals surface area contributed by atoms with E-state index in [1.54, 1.807) is 0 Å². The Bertz CT molecular complexity index is 178. The summed E-state index contributed by atoms with van der Waals surface area (Å²) in [6.45, 7) is 4.89. The first-order valence-electron chi connectivity index (χ1n) is 5.01. The first-order valence-corrected chi connectivity index (χ1v) is 5.45. The first kappa shape index (κ1) is 10.8. The molecular weight excluding hydrogens is 186 g/mol. The van der Waals surface area contributed by atoms with Crippen LogP contribution in [0, 0.1) is 11.8 Å². The average molecular weight is 204 g/mol. The van der Waals surface area contributed by atoms with Gasteiger partial charge >= 0.3 is 0 Å². The maximum Gasteiger partial charge on any atom is 0.223 e. The lowest BCUT2D eigenvalue weighted by Crippen LogP contribution is -2.31. The number of nitrogens with one attached hydrogen (secondary N) is 1. The molecule has 1 unspecified atom stereocenters. The van der Waals surface area contributed by atoms with Crippen molar-refractivity contribution < 1.29 is 4.79 Å². The summed E-state index contributed by atoms with van der Waals surface area (Å²) in [5, 5.41) is 2.96. The molecular formula is C10H18ClNO. The second-order valence-corrected chi connectivity index (χ2v) is 4.86.